The molecule has 0 saturated carbocycles. The van der Waals surface area contributed by atoms with E-state index in [1.165, 1.54) is 38.8 Å². The van der Waals surface area contributed by atoms with Crippen molar-refractivity contribution in [2.24, 2.45) is 0 Å². The van der Waals surface area contributed by atoms with E-state index in [1.54, 1.807) is 0 Å². The number of hydrogen-bond acceptors (Lipinski definition) is 1. The number of nitrogens with zero attached hydrogens (tertiary/aromatic N) is 1. The van der Waals surface area contributed by atoms with E-state index >= 15 is 0 Å². The lowest BCUT2D eigenvalue weighted by Gasteiger charge is -2.48. The molecular weight excluding hydrogens is 174 g/mol. The van der Waals surface area contributed by atoms with Crippen LogP contribution in [0.4, 0.5) is 0 Å². The zero-order valence-electron chi connectivity index (χ0n) is 10.1. The summed E-state index contributed by atoms with van der Waals surface area (Å²) in [5, 5.41) is 9.22. The van der Waals surface area contributed by atoms with Gasteiger partial charge in [0.1, 0.15) is 6.54 Å². The first kappa shape index (κ1) is 12.0. The molecule has 0 aromatic carbocycles. The summed E-state index contributed by atoms with van der Waals surface area (Å²) in [6.07, 6.45) is 5.41. The molecule has 1 heterocycles. The summed E-state index contributed by atoms with van der Waals surface area (Å²) in [5.41, 5.74) is 0.285. The molecule has 0 radical (unpaired) electrons. The maximum atomic E-state index is 9.22. The topological polar surface area (TPSA) is 20.2 Å². The molecule has 2 heteroatoms. The molecule has 0 aliphatic carbocycles. The van der Waals surface area contributed by atoms with Gasteiger partial charge in [-0.2, -0.15) is 0 Å². The van der Waals surface area contributed by atoms with Crippen LogP contribution >= 0.6 is 0 Å². The Kier molecular flexibility index (Phi) is 3.96. The van der Waals surface area contributed by atoms with Crippen molar-refractivity contribution >= 4 is 0 Å². The Hall–Kier alpha value is -0.0800. The Labute approximate surface area is 88.5 Å². The minimum atomic E-state index is 0.285. The molecule has 0 bridgehead atoms. The number of hydrogen-bond donors (Lipinski definition) is 1. The number of aliphatic hydroxyl groups excluding tert-OH is 1. The summed E-state index contributed by atoms with van der Waals surface area (Å²) >= 11 is 0. The first-order valence-corrected chi connectivity index (χ1v) is 5.99. The van der Waals surface area contributed by atoms with Gasteiger partial charge in [-0.1, -0.05) is 0 Å². The molecular formula is C12H26NO+. The molecule has 0 aromatic rings. The third-order valence-corrected chi connectivity index (χ3v) is 3.87. The van der Waals surface area contributed by atoms with Crippen molar-refractivity contribution in [1.82, 2.24) is 0 Å². The molecule has 1 fully saturated rings. The number of rotatable bonds is 2. The van der Waals surface area contributed by atoms with Gasteiger partial charge in [-0.05, 0) is 46.5 Å². The Bertz CT molecular complexity index is 164. The van der Waals surface area contributed by atoms with Crippen LogP contribution < -0.4 is 0 Å². The van der Waals surface area contributed by atoms with Gasteiger partial charge in [0.15, 0.2) is 0 Å². The molecule has 14 heavy (non-hydrogen) atoms. The summed E-state index contributed by atoms with van der Waals surface area (Å²) in [6, 6.07) is 0. The second-order valence-corrected chi connectivity index (χ2v) is 5.62. The molecule has 1 saturated heterocycles. The summed E-state index contributed by atoms with van der Waals surface area (Å²) < 4.78 is 1.11. The highest BCUT2D eigenvalue weighted by Crippen LogP contribution is 2.29. The van der Waals surface area contributed by atoms with Crippen LogP contribution in [0.2, 0.25) is 0 Å². The van der Waals surface area contributed by atoms with Gasteiger partial charge >= 0.3 is 0 Å². The van der Waals surface area contributed by atoms with Gasteiger partial charge in [0, 0.05) is 0 Å². The third-order valence-electron chi connectivity index (χ3n) is 3.87. The SMILES string of the molecule is CC(C)(C)[N+]1(CCO)CCCCCC1. The number of likely N-dealkylation sites (tertiary alicyclic amines) is 1. The van der Waals surface area contributed by atoms with Crippen LogP contribution in [0.15, 0.2) is 0 Å². The highest BCUT2D eigenvalue weighted by atomic mass is 16.3. The van der Waals surface area contributed by atoms with Crippen molar-refractivity contribution in [1.29, 1.82) is 0 Å². The summed E-state index contributed by atoms with van der Waals surface area (Å²) in [5.74, 6) is 0. The fourth-order valence-corrected chi connectivity index (χ4v) is 2.72. The van der Waals surface area contributed by atoms with E-state index in [-0.39, 0.29) is 5.54 Å². The largest absolute Gasteiger partial charge is 0.391 e. The van der Waals surface area contributed by atoms with Crippen LogP contribution in [0.3, 0.4) is 0 Å². The van der Waals surface area contributed by atoms with Gasteiger partial charge in [-0.25, -0.2) is 0 Å². The van der Waals surface area contributed by atoms with E-state index in [0.29, 0.717) is 6.61 Å². The minimum Gasteiger partial charge on any atom is -0.391 e. The smallest absolute Gasteiger partial charge is 0.103 e. The fraction of sp³-hybridized carbons (Fsp3) is 1.00. The molecule has 0 spiro atoms. The summed E-state index contributed by atoms with van der Waals surface area (Å²) in [6.45, 7) is 10.7. The fourth-order valence-electron chi connectivity index (χ4n) is 2.72. The average Bonchev–Trinajstić information content (AvgIpc) is 2.30. The molecule has 0 amide bonds. The molecule has 1 aliphatic rings. The van der Waals surface area contributed by atoms with Crippen LogP contribution in [-0.4, -0.2) is 41.4 Å². The maximum Gasteiger partial charge on any atom is 0.103 e. The molecule has 84 valence electrons. The van der Waals surface area contributed by atoms with Crippen LogP contribution in [0.25, 0.3) is 0 Å². The Morgan fingerprint density at radius 3 is 1.86 bits per heavy atom. The van der Waals surface area contributed by atoms with Crippen LogP contribution in [0.5, 0.6) is 0 Å². The van der Waals surface area contributed by atoms with Crippen molar-refractivity contribution in [2.45, 2.75) is 52.0 Å². The standard InChI is InChI=1S/C12H26NO/c1-12(2,3)13(10-11-14)8-6-4-5-7-9-13/h14H,4-11H2,1-3H3/q+1. The van der Waals surface area contributed by atoms with Gasteiger partial charge in [0.05, 0.1) is 25.2 Å². The van der Waals surface area contributed by atoms with E-state index in [0.717, 1.165) is 11.0 Å². The van der Waals surface area contributed by atoms with Crippen LogP contribution in [-0.2, 0) is 0 Å². The zero-order valence-corrected chi connectivity index (χ0v) is 10.1. The molecule has 1 rings (SSSR count). The van der Waals surface area contributed by atoms with Gasteiger partial charge in [0.2, 0.25) is 0 Å². The van der Waals surface area contributed by atoms with Crippen molar-refractivity contribution in [3.05, 3.63) is 0 Å². The van der Waals surface area contributed by atoms with E-state index < -0.39 is 0 Å². The first-order chi connectivity index (χ1) is 6.52. The van der Waals surface area contributed by atoms with Crippen molar-refractivity contribution < 1.29 is 9.59 Å². The number of quaternary nitrogens is 1. The van der Waals surface area contributed by atoms with Crippen molar-refractivity contribution in [2.75, 3.05) is 26.2 Å². The van der Waals surface area contributed by atoms with E-state index in [2.05, 4.69) is 20.8 Å². The molecule has 0 unspecified atom stereocenters. The Morgan fingerprint density at radius 2 is 1.50 bits per heavy atom. The Balaban J connectivity index is 2.77. The molecule has 2 nitrogen and oxygen atoms in total. The monoisotopic (exact) mass is 200 g/mol. The lowest BCUT2D eigenvalue weighted by molar-refractivity contribution is -0.970. The van der Waals surface area contributed by atoms with Crippen LogP contribution in [0.1, 0.15) is 46.5 Å². The summed E-state index contributed by atoms with van der Waals surface area (Å²) in [4.78, 5) is 0. The maximum absolute atomic E-state index is 9.22. The second kappa shape index (κ2) is 4.63. The normalized spacial score (nSPS) is 23.1. The van der Waals surface area contributed by atoms with Gasteiger partial charge in [0.25, 0.3) is 0 Å². The molecule has 0 aromatic heterocycles. The predicted octanol–water partition coefficient (Wildman–Crippen LogP) is 2.17. The molecule has 1 N–H and O–H groups in total. The van der Waals surface area contributed by atoms with Crippen molar-refractivity contribution in [3.8, 4) is 0 Å². The summed E-state index contributed by atoms with van der Waals surface area (Å²) in [7, 11) is 0. The zero-order chi connectivity index (χ0) is 10.7. The van der Waals surface area contributed by atoms with E-state index in [4.69, 9.17) is 0 Å². The Morgan fingerprint density at radius 1 is 1.00 bits per heavy atom. The van der Waals surface area contributed by atoms with Gasteiger partial charge in [-0.15, -0.1) is 0 Å². The lowest BCUT2D eigenvalue weighted by atomic mass is 10.00. The average molecular weight is 200 g/mol. The highest BCUT2D eigenvalue weighted by Gasteiger charge is 2.39. The first-order valence-electron chi connectivity index (χ1n) is 5.99. The van der Waals surface area contributed by atoms with Gasteiger partial charge in [-0.3, -0.25) is 0 Å². The molecule has 1 aliphatic heterocycles. The van der Waals surface area contributed by atoms with E-state index in [9.17, 15) is 5.11 Å². The quantitative estimate of drug-likeness (QED) is 0.677. The predicted molar refractivity (Wildman–Crippen MR) is 60.2 cm³/mol. The van der Waals surface area contributed by atoms with Crippen molar-refractivity contribution in [3.63, 3.8) is 0 Å². The third kappa shape index (κ3) is 2.48. The van der Waals surface area contributed by atoms with Gasteiger partial charge < -0.3 is 9.59 Å². The molecule has 0 atom stereocenters. The lowest BCUT2D eigenvalue weighted by Crippen LogP contribution is -2.61. The second-order valence-electron chi connectivity index (χ2n) is 5.62. The minimum absolute atomic E-state index is 0.285. The van der Waals surface area contributed by atoms with Crippen LogP contribution in [0, 0.1) is 0 Å². The number of aliphatic hydroxyl groups is 1. The van der Waals surface area contributed by atoms with E-state index in [1.807, 2.05) is 0 Å². The highest BCUT2D eigenvalue weighted by molar-refractivity contribution is 4.67.